The minimum Gasteiger partial charge on any atom is -0.324 e. The highest BCUT2D eigenvalue weighted by atomic mass is 35.5. The highest BCUT2D eigenvalue weighted by molar-refractivity contribution is 7.98. The Balaban J connectivity index is 2.21. The fourth-order valence-corrected chi connectivity index (χ4v) is 2.83. The van der Waals surface area contributed by atoms with Crippen LogP contribution in [0.3, 0.4) is 0 Å². The van der Waals surface area contributed by atoms with Crippen LogP contribution in [-0.4, -0.2) is 21.7 Å². The van der Waals surface area contributed by atoms with Crippen molar-refractivity contribution in [1.29, 1.82) is 0 Å². The van der Waals surface area contributed by atoms with E-state index in [0.717, 1.165) is 5.56 Å². The number of aryl methyl sites for hydroxylation is 2. The first kappa shape index (κ1) is 16.6. The molecule has 1 N–H and O–H groups in total. The number of thioether (sulfide) groups is 1. The van der Waals surface area contributed by atoms with E-state index in [0.29, 0.717) is 21.6 Å². The Morgan fingerprint density at radius 1 is 1.36 bits per heavy atom. The summed E-state index contributed by atoms with van der Waals surface area (Å²) in [7, 11) is 0. The number of halogens is 1. The van der Waals surface area contributed by atoms with Gasteiger partial charge in [-0.05, 0) is 43.9 Å². The van der Waals surface area contributed by atoms with E-state index in [4.69, 9.17) is 11.6 Å². The number of benzene rings is 1. The van der Waals surface area contributed by atoms with Crippen LogP contribution in [0.2, 0.25) is 5.02 Å². The first-order valence-corrected chi connectivity index (χ1v) is 8.19. The van der Waals surface area contributed by atoms with E-state index in [1.54, 1.807) is 25.1 Å². The van der Waals surface area contributed by atoms with Crippen LogP contribution in [0.5, 0.6) is 0 Å². The average Bonchev–Trinajstić information content (AvgIpc) is 2.44. The second-order valence-electron chi connectivity index (χ2n) is 4.82. The summed E-state index contributed by atoms with van der Waals surface area (Å²) in [6, 6.07) is 6.63. The molecule has 1 aromatic heterocycles. The van der Waals surface area contributed by atoms with E-state index < -0.39 is 0 Å². The molecule has 0 aliphatic carbocycles. The van der Waals surface area contributed by atoms with Crippen LogP contribution >= 0.6 is 23.4 Å². The van der Waals surface area contributed by atoms with Gasteiger partial charge >= 0.3 is 0 Å². The van der Waals surface area contributed by atoms with Crippen LogP contribution < -0.4 is 10.9 Å². The highest BCUT2D eigenvalue weighted by Crippen LogP contribution is 2.19. The lowest BCUT2D eigenvalue weighted by atomic mass is 10.2. The minimum absolute atomic E-state index is 0.0790. The summed E-state index contributed by atoms with van der Waals surface area (Å²) in [5.74, 6) is -0.284. The Hall–Kier alpha value is -1.79. The molecule has 0 spiro atoms. The molecule has 0 saturated carbocycles. The quantitative estimate of drug-likeness (QED) is 0.688. The van der Waals surface area contributed by atoms with Crippen molar-refractivity contribution in [3.63, 3.8) is 0 Å². The van der Waals surface area contributed by atoms with Gasteiger partial charge in [-0.3, -0.25) is 14.2 Å². The van der Waals surface area contributed by atoms with E-state index in [1.165, 1.54) is 22.4 Å². The minimum atomic E-state index is -0.284. The molecule has 2 aromatic rings. The van der Waals surface area contributed by atoms with Crippen molar-refractivity contribution in [1.82, 2.24) is 9.55 Å². The van der Waals surface area contributed by atoms with E-state index in [-0.39, 0.29) is 18.0 Å². The number of nitrogens with one attached hydrogen (secondary N) is 1. The van der Waals surface area contributed by atoms with Gasteiger partial charge in [-0.2, -0.15) is 0 Å². The Morgan fingerprint density at radius 2 is 2.09 bits per heavy atom. The average molecular weight is 338 g/mol. The summed E-state index contributed by atoms with van der Waals surface area (Å²) in [6.07, 6.45) is 1.82. The van der Waals surface area contributed by atoms with Crippen molar-refractivity contribution in [2.24, 2.45) is 0 Å². The number of carbonyl (C=O) groups excluding carboxylic acids is 1. The lowest BCUT2D eigenvalue weighted by molar-refractivity contribution is -0.116. The lowest BCUT2D eigenvalue weighted by Gasteiger charge is -2.12. The third-order valence-corrected chi connectivity index (χ3v) is 3.96. The van der Waals surface area contributed by atoms with Crippen LogP contribution in [0.4, 0.5) is 5.69 Å². The molecule has 1 aromatic carbocycles. The lowest BCUT2D eigenvalue weighted by Crippen LogP contribution is -2.29. The van der Waals surface area contributed by atoms with E-state index >= 15 is 0 Å². The number of hydrogen-bond donors (Lipinski definition) is 1. The second-order valence-corrected chi connectivity index (χ2v) is 6.03. The smallest absolute Gasteiger partial charge is 0.254 e. The summed E-state index contributed by atoms with van der Waals surface area (Å²) in [5.41, 5.74) is 1.94. The monoisotopic (exact) mass is 337 g/mol. The fraction of sp³-hybridized carbons (Fsp3) is 0.267. The molecule has 7 heteroatoms. The molecule has 0 fully saturated rings. The third kappa shape index (κ3) is 3.90. The summed E-state index contributed by atoms with van der Waals surface area (Å²) in [4.78, 5) is 28.5. The molecule has 1 heterocycles. The van der Waals surface area contributed by atoms with Gasteiger partial charge in [-0.25, -0.2) is 4.98 Å². The van der Waals surface area contributed by atoms with Gasteiger partial charge in [-0.1, -0.05) is 23.4 Å². The maximum absolute atomic E-state index is 12.2. The molecule has 0 bridgehead atoms. The summed E-state index contributed by atoms with van der Waals surface area (Å²) in [6.45, 7) is 3.53. The Bertz CT molecular complexity index is 774. The number of carbonyl (C=O) groups is 1. The highest BCUT2D eigenvalue weighted by Gasteiger charge is 2.11. The van der Waals surface area contributed by atoms with Crippen molar-refractivity contribution >= 4 is 35.0 Å². The molecule has 0 unspecified atom stereocenters. The molecule has 2 rings (SSSR count). The van der Waals surface area contributed by atoms with Crippen molar-refractivity contribution in [3.05, 3.63) is 50.9 Å². The maximum atomic E-state index is 12.2. The van der Waals surface area contributed by atoms with Crippen LogP contribution in [0.1, 0.15) is 11.3 Å². The second kappa shape index (κ2) is 6.98. The summed E-state index contributed by atoms with van der Waals surface area (Å²) in [5, 5.41) is 3.92. The molecule has 116 valence electrons. The normalized spacial score (nSPS) is 10.5. The molecule has 0 atom stereocenters. The molecule has 0 radical (unpaired) electrons. The molecule has 0 aliphatic heterocycles. The number of nitrogens with zero attached hydrogens (tertiary/aromatic N) is 2. The molecule has 1 amide bonds. The molecule has 0 aliphatic rings. The number of amides is 1. The molecule has 0 saturated heterocycles. The van der Waals surface area contributed by atoms with Crippen molar-refractivity contribution in [3.8, 4) is 0 Å². The largest absolute Gasteiger partial charge is 0.324 e. The predicted molar refractivity (Wildman–Crippen MR) is 89.8 cm³/mol. The van der Waals surface area contributed by atoms with Gasteiger partial charge < -0.3 is 5.32 Å². The first-order chi connectivity index (χ1) is 10.4. The topological polar surface area (TPSA) is 64.0 Å². The van der Waals surface area contributed by atoms with E-state index in [1.807, 2.05) is 13.2 Å². The van der Waals surface area contributed by atoms with Crippen molar-refractivity contribution in [2.75, 3.05) is 11.6 Å². The SMILES string of the molecule is CSc1nc(C)cc(=O)n1CC(=O)Nc1ccc(Cl)cc1C. The van der Waals surface area contributed by atoms with Crippen LogP contribution in [0.25, 0.3) is 0 Å². The Morgan fingerprint density at radius 3 is 2.73 bits per heavy atom. The van der Waals surface area contributed by atoms with E-state index in [9.17, 15) is 9.59 Å². The maximum Gasteiger partial charge on any atom is 0.254 e. The van der Waals surface area contributed by atoms with Gasteiger partial charge in [-0.15, -0.1) is 0 Å². The first-order valence-electron chi connectivity index (χ1n) is 6.59. The predicted octanol–water partition coefficient (Wildman–Crippen LogP) is 2.87. The number of anilines is 1. The number of aromatic nitrogens is 2. The van der Waals surface area contributed by atoms with Crippen LogP contribution in [0, 0.1) is 13.8 Å². The zero-order valence-electron chi connectivity index (χ0n) is 12.5. The number of rotatable bonds is 4. The number of hydrogen-bond acceptors (Lipinski definition) is 4. The van der Waals surface area contributed by atoms with Crippen LogP contribution in [-0.2, 0) is 11.3 Å². The Labute approximate surface area is 137 Å². The zero-order valence-corrected chi connectivity index (χ0v) is 14.1. The van der Waals surface area contributed by atoms with Gasteiger partial charge in [0.25, 0.3) is 5.56 Å². The van der Waals surface area contributed by atoms with Gasteiger partial charge in [0.15, 0.2) is 5.16 Å². The molecule has 5 nitrogen and oxygen atoms in total. The van der Waals surface area contributed by atoms with Crippen LogP contribution in [0.15, 0.2) is 34.2 Å². The third-order valence-electron chi connectivity index (χ3n) is 3.05. The summed E-state index contributed by atoms with van der Waals surface area (Å²) >= 11 is 7.22. The summed E-state index contributed by atoms with van der Waals surface area (Å²) < 4.78 is 1.36. The van der Waals surface area contributed by atoms with Crippen molar-refractivity contribution in [2.45, 2.75) is 25.5 Å². The van der Waals surface area contributed by atoms with Gasteiger partial charge in [0.2, 0.25) is 5.91 Å². The van der Waals surface area contributed by atoms with Gasteiger partial charge in [0.1, 0.15) is 6.54 Å². The van der Waals surface area contributed by atoms with Crippen molar-refractivity contribution < 1.29 is 4.79 Å². The molecular formula is C15H16ClN3O2S. The van der Waals surface area contributed by atoms with Gasteiger partial charge in [0, 0.05) is 22.5 Å². The molecular weight excluding hydrogens is 322 g/mol. The standard InChI is InChI=1S/C15H16ClN3O2S/c1-9-6-11(16)4-5-12(9)18-13(20)8-19-14(21)7-10(2)17-15(19)22-3/h4-7H,8H2,1-3H3,(H,18,20). The van der Waals surface area contributed by atoms with Gasteiger partial charge in [0.05, 0.1) is 0 Å². The fourth-order valence-electron chi connectivity index (χ4n) is 2.00. The zero-order chi connectivity index (χ0) is 16.3. The molecule has 22 heavy (non-hydrogen) atoms. The Kier molecular flexibility index (Phi) is 5.26. The van der Waals surface area contributed by atoms with E-state index in [2.05, 4.69) is 10.3 Å².